The van der Waals surface area contributed by atoms with Gasteiger partial charge in [-0.3, -0.25) is 10.4 Å². The van der Waals surface area contributed by atoms with E-state index in [4.69, 9.17) is 10.4 Å². The van der Waals surface area contributed by atoms with Crippen LogP contribution in [-0.4, -0.2) is 26.3 Å². The molecule has 0 radical (unpaired) electrons. The zero-order valence-electron chi connectivity index (χ0n) is 16.3. The first kappa shape index (κ1) is 19.8. The summed E-state index contributed by atoms with van der Waals surface area (Å²) >= 11 is 3.56. The Morgan fingerprint density at radius 1 is 1.10 bits per heavy atom. The lowest BCUT2D eigenvalue weighted by atomic mass is 10.1. The second kappa shape index (κ2) is 8.87. The number of nitrogens with zero attached hydrogens (tertiary/aromatic N) is 3. The fraction of sp³-hybridized carbons (Fsp3) is 0.0909. The van der Waals surface area contributed by atoms with Gasteiger partial charge in [-0.15, -0.1) is 0 Å². The van der Waals surface area contributed by atoms with E-state index in [1.54, 1.807) is 0 Å². The molecule has 4 aromatic rings. The average Bonchev–Trinajstić information content (AvgIpc) is 3.18. The van der Waals surface area contributed by atoms with Gasteiger partial charge < -0.3 is 15.3 Å². The lowest BCUT2D eigenvalue weighted by Gasteiger charge is -2.06. The Labute approximate surface area is 182 Å². The van der Waals surface area contributed by atoms with Crippen LogP contribution in [0, 0.1) is 12.3 Å². The van der Waals surface area contributed by atoms with Gasteiger partial charge in [0.25, 0.3) is 0 Å². The number of H-pyrrole nitrogens is 2. The normalized spacial score (nSPS) is 11.5. The van der Waals surface area contributed by atoms with Crippen molar-refractivity contribution in [1.82, 2.24) is 19.9 Å². The summed E-state index contributed by atoms with van der Waals surface area (Å²) in [5.74, 6) is 0.798. The molecule has 3 heterocycles. The van der Waals surface area contributed by atoms with E-state index in [2.05, 4.69) is 41.2 Å². The second-order valence-electron chi connectivity index (χ2n) is 6.63. The number of hydrogen-bond donors (Lipinski definition) is 4. The molecule has 3 aromatic heterocycles. The van der Waals surface area contributed by atoms with Crippen LogP contribution in [0.4, 0.5) is 5.69 Å². The smallest absolute Gasteiger partial charge is 0.131 e. The third kappa shape index (κ3) is 4.38. The maximum atomic E-state index is 7.11. The molecule has 0 aliphatic carbocycles. The van der Waals surface area contributed by atoms with Crippen LogP contribution in [0.25, 0.3) is 22.6 Å². The van der Waals surface area contributed by atoms with Gasteiger partial charge in [0.15, 0.2) is 0 Å². The topological polar surface area (TPSA) is 106 Å². The first-order valence-electron chi connectivity index (χ1n) is 9.37. The Kier molecular flexibility index (Phi) is 5.85. The van der Waals surface area contributed by atoms with Crippen molar-refractivity contribution >= 4 is 28.0 Å². The standard InChI is InChI=1S/C22H20BrN7/c1-14-5-4-8-18(28-14)22-21(15-9-10-19(26-11-15)27-13-24)29-20(30-22)12-25-17-7-3-2-6-16(17)23/h2-11,13,25H,12H2,1H3,(H,29,30)(H2,24,26,27). The van der Waals surface area contributed by atoms with Crippen LogP contribution in [-0.2, 0) is 6.54 Å². The van der Waals surface area contributed by atoms with E-state index >= 15 is 0 Å². The molecule has 0 atom stereocenters. The van der Waals surface area contributed by atoms with E-state index < -0.39 is 0 Å². The van der Waals surface area contributed by atoms with Crippen molar-refractivity contribution in [2.45, 2.75) is 13.5 Å². The maximum Gasteiger partial charge on any atom is 0.131 e. The predicted molar refractivity (Wildman–Crippen MR) is 122 cm³/mol. The molecule has 4 rings (SSSR count). The number of aromatic amines is 2. The molecule has 0 fully saturated rings. The molecule has 4 N–H and O–H groups in total. The van der Waals surface area contributed by atoms with Gasteiger partial charge in [0, 0.05) is 27.6 Å². The molecule has 1 aromatic carbocycles. The molecule has 0 saturated carbocycles. The Balaban J connectivity index is 1.72. The monoisotopic (exact) mass is 461 g/mol. The van der Waals surface area contributed by atoms with Crippen molar-refractivity contribution in [2.75, 3.05) is 5.32 Å². The highest BCUT2D eigenvalue weighted by atomic mass is 79.9. The maximum absolute atomic E-state index is 7.11. The summed E-state index contributed by atoms with van der Waals surface area (Å²) in [4.78, 5) is 20.0. The summed E-state index contributed by atoms with van der Waals surface area (Å²) in [5, 5.41) is 10.5. The Morgan fingerprint density at radius 3 is 2.70 bits per heavy atom. The number of benzene rings is 1. The minimum Gasteiger partial charge on any atom is -0.377 e. The van der Waals surface area contributed by atoms with E-state index in [1.165, 1.54) is 0 Å². The Morgan fingerprint density at radius 2 is 1.97 bits per heavy atom. The number of hydrogen-bond acceptors (Lipinski definition) is 4. The van der Waals surface area contributed by atoms with Gasteiger partial charge >= 0.3 is 0 Å². The number of halogens is 1. The van der Waals surface area contributed by atoms with Crippen LogP contribution >= 0.6 is 15.9 Å². The average molecular weight is 462 g/mol. The van der Waals surface area contributed by atoms with Crippen LogP contribution in [0.2, 0.25) is 0 Å². The molecule has 7 nitrogen and oxygen atoms in total. The summed E-state index contributed by atoms with van der Waals surface area (Å²) in [7, 11) is 0. The predicted octanol–water partition coefficient (Wildman–Crippen LogP) is 4.66. The quantitative estimate of drug-likeness (QED) is 0.247. The third-order valence-corrected chi connectivity index (χ3v) is 5.18. The van der Waals surface area contributed by atoms with Gasteiger partial charge in [0.2, 0.25) is 0 Å². The molecular weight excluding hydrogens is 442 g/mol. The number of anilines is 1. The van der Waals surface area contributed by atoms with Gasteiger partial charge in [-0.05, 0) is 59.3 Å². The van der Waals surface area contributed by atoms with E-state index in [0.717, 1.165) is 50.7 Å². The van der Waals surface area contributed by atoms with Crippen LogP contribution in [0.3, 0.4) is 0 Å². The molecule has 150 valence electrons. The molecule has 0 unspecified atom stereocenters. The number of imidazole rings is 1. The number of para-hydroxylation sites is 1. The van der Waals surface area contributed by atoms with E-state index in [1.807, 2.05) is 67.7 Å². The fourth-order valence-corrected chi connectivity index (χ4v) is 3.50. The number of aromatic nitrogens is 4. The summed E-state index contributed by atoms with van der Waals surface area (Å²) in [6.07, 6.45) is 2.84. The van der Waals surface area contributed by atoms with E-state index in [-0.39, 0.29) is 0 Å². The molecule has 0 aliphatic rings. The summed E-state index contributed by atoms with van der Waals surface area (Å²) in [6.45, 7) is 2.50. The minimum absolute atomic E-state index is 0.534. The van der Waals surface area contributed by atoms with Crippen LogP contribution < -0.4 is 10.8 Å². The zero-order chi connectivity index (χ0) is 20.9. The molecule has 0 aliphatic heterocycles. The van der Waals surface area contributed by atoms with Crippen molar-refractivity contribution in [3.8, 4) is 22.6 Å². The van der Waals surface area contributed by atoms with Gasteiger partial charge in [-0.2, -0.15) is 0 Å². The van der Waals surface area contributed by atoms with Gasteiger partial charge in [-0.1, -0.05) is 18.2 Å². The van der Waals surface area contributed by atoms with Crippen LogP contribution in [0.5, 0.6) is 0 Å². The van der Waals surface area contributed by atoms with Crippen molar-refractivity contribution < 1.29 is 0 Å². The summed E-state index contributed by atoms with van der Waals surface area (Å²) in [5.41, 5.74) is 5.93. The van der Waals surface area contributed by atoms with E-state index in [0.29, 0.717) is 12.0 Å². The largest absolute Gasteiger partial charge is 0.377 e. The number of aryl methyl sites for hydroxylation is 1. The fourth-order valence-electron chi connectivity index (χ4n) is 3.08. The van der Waals surface area contributed by atoms with Gasteiger partial charge in [0.05, 0.1) is 23.6 Å². The number of pyridine rings is 2. The number of nitrogens with one attached hydrogen (secondary N) is 4. The van der Waals surface area contributed by atoms with Crippen molar-refractivity contribution in [3.63, 3.8) is 0 Å². The van der Waals surface area contributed by atoms with Crippen LogP contribution in [0.15, 0.2) is 70.3 Å². The molecule has 0 saturated heterocycles. The van der Waals surface area contributed by atoms with Crippen molar-refractivity contribution in [3.05, 3.63) is 82.3 Å². The van der Waals surface area contributed by atoms with Gasteiger partial charge in [0.1, 0.15) is 17.7 Å². The van der Waals surface area contributed by atoms with E-state index in [9.17, 15) is 0 Å². The second-order valence-corrected chi connectivity index (χ2v) is 7.48. The third-order valence-electron chi connectivity index (χ3n) is 4.49. The molecule has 30 heavy (non-hydrogen) atoms. The Hall–Kier alpha value is -3.52. The highest BCUT2D eigenvalue weighted by molar-refractivity contribution is 9.10. The molecule has 8 heteroatoms. The SMILES string of the molecule is Cc1cccc(-c2[nH]c(CNc3ccccc3Br)nc2-c2cc/c(=N/C=N)[nH]c2)n1. The lowest BCUT2D eigenvalue weighted by molar-refractivity contribution is 0.999. The summed E-state index contributed by atoms with van der Waals surface area (Å²) < 4.78 is 0.998. The first-order chi connectivity index (χ1) is 14.6. The zero-order valence-corrected chi connectivity index (χ0v) is 17.9. The van der Waals surface area contributed by atoms with Crippen molar-refractivity contribution in [1.29, 1.82) is 5.41 Å². The lowest BCUT2D eigenvalue weighted by Crippen LogP contribution is -2.05. The van der Waals surface area contributed by atoms with Crippen LogP contribution in [0.1, 0.15) is 11.5 Å². The minimum atomic E-state index is 0.534. The molecular formula is C22H20BrN7. The molecule has 0 spiro atoms. The summed E-state index contributed by atoms with van der Waals surface area (Å²) in [6, 6.07) is 17.6. The molecule has 0 amide bonds. The van der Waals surface area contributed by atoms with Crippen molar-refractivity contribution in [2.24, 2.45) is 4.99 Å². The molecule has 0 bridgehead atoms. The Bertz CT molecular complexity index is 1240. The van der Waals surface area contributed by atoms with Gasteiger partial charge in [-0.25, -0.2) is 9.98 Å². The first-order valence-corrected chi connectivity index (χ1v) is 10.2. The highest BCUT2D eigenvalue weighted by Crippen LogP contribution is 2.29. The number of rotatable bonds is 6. The highest BCUT2D eigenvalue weighted by Gasteiger charge is 2.15.